The van der Waals surface area contributed by atoms with Crippen molar-refractivity contribution in [2.24, 2.45) is 17.1 Å². The highest BCUT2D eigenvalue weighted by Crippen LogP contribution is 2.50. The van der Waals surface area contributed by atoms with Gasteiger partial charge >= 0.3 is 6.09 Å². The molecule has 0 aromatic heterocycles. The first-order chi connectivity index (χ1) is 12.6. The van der Waals surface area contributed by atoms with Crippen LogP contribution in [0.3, 0.4) is 0 Å². The van der Waals surface area contributed by atoms with Crippen LogP contribution in [-0.2, 0) is 14.3 Å². The molecule has 3 N–H and O–H groups in total. The third kappa shape index (κ3) is 3.82. The van der Waals surface area contributed by atoms with E-state index in [4.69, 9.17) is 10.5 Å². The summed E-state index contributed by atoms with van der Waals surface area (Å²) in [6, 6.07) is -1.33. The van der Waals surface area contributed by atoms with E-state index in [0.717, 1.165) is 32.1 Å². The summed E-state index contributed by atoms with van der Waals surface area (Å²) in [6.07, 6.45) is 6.16. The SMILES string of the molecule is C=CC1(C(NC(=O)OC(C)(C)C)C(=O)N2C(C(N)=O)C[C@@H]3C[C@@H]32)CCCC1. The number of nitrogens with zero attached hydrogens (tertiary/aromatic N) is 1. The zero-order chi connectivity index (χ0) is 20.0. The second-order valence-electron chi connectivity index (χ2n) is 9.19. The quantitative estimate of drug-likeness (QED) is 0.716. The van der Waals surface area contributed by atoms with Crippen LogP contribution >= 0.6 is 0 Å². The highest BCUT2D eigenvalue weighted by Gasteiger charge is 2.58. The fourth-order valence-corrected chi connectivity index (χ4v) is 4.70. The summed E-state index contributed by atoms with van der Waals surface area (Å²) in [6.45, 7) is 9.29. The molecule has 1 aliphatic heterocycles. The molecule has 3 amide bonds. The van der Waals surface area contributed by atoms with Gasteiger partial charge in [0.25, 0.3) is 0 Å². The number of fused-ring (bicyclic) bond motifs is 1. The smallest absolute Gasteiger partial charge is 0.408 e. The lowest BCUT2D eigenvalue weighted by Crippen LogP contribution is -2.59. The highest BCUT2D eigenvalue weighted by atomic mass is 16.6. The number of nitrogens with two attached hydrogens (primary N) is 1. The van der Waals surface area contributed by atoms with Crippen molar-refractivity contribution in [1.29, 1.82) is 0 Å². The topological polar surface area (TPSA) is 102 Å². The molecule has 3 aliphatic rings. The van der Waals surface area contributed by atoms with Crippen LogP contribution in [0.2, 0.25) is 0 Å². The van der Waals surface area contributed by atoms with E-state index in [1.165, 1.54) is 0 Å². The van der Waals surface area contributed by atoms with Crippen LogP contribution in [0.1, 0.15) is 59.3 Å². The van der Waals surface area contributed by atoms with Gasteiger partial charge in [-0.2, -0.15) is 0 Å². The van der Waals surface area contributed by atoms with E-state index in [2.05, 4.69) is 11.9 Å². The van der Waals surface area contributed by atoms with Gasteiger partial charge in [0.2, 0.25) is 11.8 Å². The summed E-state index contributed by atoms with van der Waals surface area (Å²) in [7, 11) is 0. The standard InChI is InChI=1S/C20H31N3O4/c1-5-20(8-6-7-9-20)15(22-18(26)27-19(2,3)4)17(25)23-13-10-12(13)11-14(23)16(21)24/h5,12-15H,1,6-11H2,2-4H3,(H2,21,24)(H,22,26)/t12-,13-,14?,15?/m0/s1. The number of amides is 3. The molecule has 0 spiro atoms. The zero-order valence-electron chi connectivity index (χ0n) is 16.5. The van der Waals surface area contributed by atoms with Crippen molar-refractivity contribution < 1.29 is 19.1 Å². The molecule has 7 heteroatoms. The first-order valence-electron chi connectivity index (χ1n) is 9.82. The summed E-state index contributed by atoms with van der Waals surface area (Å²) in [5.41, 5.74) is 4.36. The van der Waals surface area contributed by atoms with E-state index < -0.39 is 35.1 Å². The van der Waals surface area contributed by atoms with Gasteiger partial charge in [0.05, 0.1) is 0 Å². The van der Waals surface area contributed by atoms with Gasteiger partial charge in [-0.3, -0.25) is 9.59 Å². The fraction of sp³-hybridized carbons (Fsp3) is 0.750. The number of carbonyl (C=O) groups excluding carboxylic acids is 3. The van der Waals surface area contributed by atoms with E-state index in [1.54, 1.807) is 31.7 Å². The largest absolute Gasteiger partial charge is 0.444 e. The molecule has 7 nitrogen and oxygen atoms in total. The third-order valence-electron chi connectivity index (χ3n) is 6.11. The molecule has 3 fully saturated rings. The lowest BCUT2D eigenvalue weighted by Gasteiger charge is -2.38. The monoisotopic (exact) mass is 377 g/mol. The molecule has 0 bridgehead atoms. The maximum atomic E-state index is 13.5. The molecule has 4 atom stereocenters. The second-order valence-corrected chi connectivity index (χ2v) is 9.19. The molecule has 0 aromatic carbocycles. The Morgan fingerprint density at radius 1 is 1.26 bits per heavy atom. The summed E-state index contributed by atoms with van der Waals surface area (Å²) >= 11 is 0. The van der Waals surface area contributed by atoms with Crippen LogP contribution in [0, 0.1) is 11.3 Å². The van der Waals surface area contributed by atoms with Crippen molar-refractivity contribution in [3.8, 4) is 0 Å². The van der Waals surface area contributed by atoms with Crippen molar-refractivity contribution in [3.05, 3.63) is 12.7 Å². The summed E-state index contributed by atoms with van der Waals surface area (Å²) < 4.78 is 5.39. The van der Waals surface area contributed by atoms with Crippen molar-refractivity contribution in [2.75, 3.05) is 0 Å². The van der Waals surface area contributed by atoms with E-state index in [9.17, 15) is 14.4 Å². The number of rotatable bonds is 5. The van der Waals surface area contributed by atoms with Crippen molar-refractivity contribution in [1.82, 2.24) is 10.2 Å². The number of primary amides is 1. The Hall–Kier alpha value is -2.05. The Kier molecular flexibility index (Phi) is 4.99. The Labute approximate surface area is 160 Å². The van der Waals surface area contributed by atoms with Crippen molar-refractivity contribution >= 4 is 17.9 Å². The van der Waals surface area contributed by atoms with Gasteiger partial charge in [-0.25, -0.2) is 4.79 Å². The molecular formula is C20H31N3O4. The van der Waals surface area contributed by atoms with Crippen LogP contribution in [0.5, 0.6) is 0 Å². The van der Waals surface area contributed by atoms with Gasteiger partial charge in [-0.05, 0) is 52.4 Å². The number of likely N-dealkylation sites (tertiary alicyclic amines) is 1. The van der Waals surface area contributed by atoms with Crippen LogP contribution in [-0.4, -0.2) is 46.5 Å². The summed E-state index contributed by atoms with van der Waals surface area (Å²) in [5.74, 6) is -0.376. The molecule has 1 saturated heterocycles. The fourth-order valence-electron chi connectivity index (χ4n) is 4.70. The number of hydrogen-bond donors (Lipinski definition) is 2. The molecule has 1 heterocycles. The van der Waals surface area contributed by atoms with Crippen molar-refractivity contribution in [3.63, 3.8) is 0 Å². The Morgan fingerprint density at radius 2 is 1.89 bits per heavy atom. The van der Waals surface area contributed by atoms with E-state index >= 15 is 0 Å². The number of nitrogens with one attached hydrogen (secondary N) is 1. The van der Waals surface area contributed by atoms with Gasteiger partial charge in [-0.15, -0.1) is 6.58 Å². The molecule has 2 unspecified atom stereocenters. The van der Waals surface area contributed by atoms with Crippen LogP contribution in [0.15, 0.2) is 12.7 Å². The summed E-state index contributed by atoms with van der Waals surface area (Å²) in [4.78, 5) is 39.5. The Balaban J connectivity index is 1.87. The molecule has 2 saturated carbocycles. The van der Waals surface area contributed by atoms with Gasteiger partial charge in [0.15, 0.2) is 0 Å². The third-order valence-corrected chi connectivity index (χ3v) is 6.11. The maximum Gasteiger partial charge on any atom is 0.408 e. The van der Waals surface area contributed by atoms with E-state index in [1.807, 2.05) is 0 Å². The molecule has 27 heavy (non-hydrogen) atoms. The number of piperidine rings is 1. The molecule has 150 valence electrons. The molecular weight excluding hydrogens is 346 g/mol. The number of ether oxygens (including phenoxy) is 1. The molecule has 2 aliphatic carbocycles. The second kappa shape index (κ2) is 6.84. The average Bonchev–Trinajstić information content (AvgIpc) is 3.01. The van der Waals surface area contributed by atoms with Gasteiger partial charge in [0, 0.05) is 11.5 Å². The normalized spacial score (nSPS) is 29.6. The Bertz CT molecular complexity index is 648. The number of carbonyl (C=O) groups is 3. The maximum absolute atomic E-state index is 13.5. The van der Waals surface area contributed by atoms with E-state index in [-0.39, 0.29) is 11.9 Å². The van der Waals surface area contributed by atoms with Crippen LogP contribution in [0.4, 0.5) is 4.79 Å². The number of hydrogen-bond acceptors (Lipinski definition) is 4. The minimum atomic E-state index is -0.798. The predicted octanol–water partition coefficient (Wildman–Crippen LogP) is 2.10. The number of alkyl carbamates (subject to hydrolysis) is 1. The van der Waals surface area contributed by atoms with Crippen LogP contribution in [0.25, 0.3) is 0 Å². The lowest BCUT2D eigenvalue weighted by atomic mass is 9.77. The van der Waals surface area contributed by atoms with Gasteiger partial charge in [0.1, 0.15) is 17.7 Å². The predicted molar refractivity (Wildman–Crippen MR) is 101 cm³/mol. The lowest BCUT2D eigenvalue weighted by molar-refractivity contribution is -0.142. The molecule has 0 radical (unpaired) electrons. The average molecular weight is 377 g/mol. The van der Waals surface area contributed by atoms with E-state index in [0.29, 0.717) is 12.3 Å². The minimum absolute atomic E-state index is 0.0567. The van der Waals surface area contributed by atoms with Crippen molar-refractivity contribution in [2.45, 2.75) is 83.0 Å². The first kappa shape index (κ1) is 19.7. The van der Waals surface area contributed by atoms with Gasteiger partial charge in [-0.1, -0.05) is 18.9 Å². The zero-order valence-corrected chi connectivity index (χ0v) is 16.5. The van der Waals surface area contributed by atoms with Gasteiger partial charge < -0.3 is 20.7 Å². The summed E-state index contributed by atoms with van der Waals surface area (Å²) in [5, 5.41) is 2.81. The molecule has 0 aromatic rings. The first-order valence-corrected chi connectivity index (χ1v) is 9.82. The highest BCUT2D eigenvalue weighted by molar-refractivity contribution is 5.93. The minimum Gasteiger partial charge on any atom is -0.444 e. The molecule has 3 rings (SSSR count). The van der Waals surface area contributed by atoms with Crippen LogP contribution < -0.4 is 11.1 Å². The Morgan fingerprint density at radius 3 is 2.41 bits per heavy atom.